The lowest BCUT2D eigenvalue weighted by Crippen LogP contribution is -2.13. The molecule has 0 unspecified atom stereocenters. The quantitative estimate of drug-likeness (QED) is 0.457. The van der Waals surface area contributed by atoms with Gasteiger partial charge in [0.25, 0.3) is 0 Å². The van der Waals surface area contributed by atoms with Crippen LogP contribution in [0.15, 0.2) is 42.5 Å². The molecule has 0 nitrogen and oxygen atoms in total. The van der Waals surface area contributed by atoms with Crippen LogP contribution in [0.25, 0.3) is 0 Å². The van der Waals surface area contributed by atoms with Gasteiger partial charge in [-0.1, -0.05) is 30.4 Å². The van der Waals surface area contributed by atoms with Crippen molar-refractivity contribution in [1.29, 1.82) is 0 Å². The third-order valence-corrected chi connectivity index (χ3v) is 4.23. The summed E-state index contributed by atoms with van der Waals surface area (Å²) in [5.74, 6) is -0.505. The monoisotopic (exact) mass is 312 g/mol. The van der Waals surface area contributed by atoms with E-state index in [0.29, 0.717) is 11.5 Å². The molecule has 22 heavy (non-hydrogen) atoms. The summed E-state index contributed by atoms with van der Waals surface area (Å²) in [6, 6.07) is 3.35. The normalized spacial score (nSPS) is 23.5. The summed E-state index contributed by atoms with van der Waals surface area (Å²) in [7, 11) is 0. The summed E-state index contributed by atoms with van der Waals surface area (Å²) in [6.07, 6.45) is 7.27. The average molecular weight is 312 g/mol. The second-order valence-electron chi connectivity index (χ2n) is 5.76. The Morgan fingerprint density at radius 3 is 2.27 bits per heavy atom. The number of alkyl halides is 3. The zero-order valence-corrected chi connectivity index (χ0v) is 12.5. The van der Waals surface area contributed by atoms with Gasteiger partial charge in [0, 0.05) is 0 Å². The van der Waals surface area contributed by atoms with Gasteiger partial charge in [0.2, 0.25) is 0 Å². The predicted octanol–water partition coefficient (Wildman–Crippen LogP) is 6.25. The maximum absolute atomic E-state index is 13.6. The molecule has 0 bridgehead atoms. The van der Waals surface area contributed by atoms with Crippen molar-refractivity contribution in [3.05, 3.63) is 59.4 Å². The summed E-state index contributed by atoms with van der Waals surface area (Å²) in [5.41, 5.74) is -0.499. The van der Waals surface area contributed by atoms with Crippen LogP contribution in [0.4, 0.5) is 17.6 Å². The zero-order chi connectivity index (χ0) is 16.2. The molecule has 0 saturated heterocycles. The molecule has 0 aromatic heterocycles. The SMILES string of the molecule is CC=CC=CC1CCC(c2ccc(C(F)(F)F)c(F)c2)CC1. The smallest absolute Gasteiger partial charge is 0.206 e. The Morgan fingerprint density at radius 1 is 1.05 bits per heavy atom. The van der Waals surface area contributed by atoms with Crippen molar-refractivity contribution in [1.82, 2.24) is 0 Å². The third-order valence-electron chi connectivity index (χ3n) is 4.23. The number of halogens is 4. The topological polar surface area (TPSA) is 0 Å². The minimum absolute atomic E-state index is 0.156. The van der Waals surface area contributed by atoms with Gasteiger partial charge in [0.1, 0.15) is 5.82 Å². The number of hydrogen-bond donors (Lipinski definition) is 0. The summed E-state index contributed by atoms with van der Waals surface area (Å²) in [4.78, 5) is 0. The van der Waals surface area contributed by atoms with E-state index in [9.17, 15) is 17.6 Å². The Balaban J connectivity index is 2.01. The number of hydrogen-bond acceptors (Lipinski definition) is 0. The summed E-state index contributed by atoms with van der Waals surface area (Å²) in [6.45, 7) is 1.96. The van der Waals surface area contributed by atoms with Crippen LogP contribution < -0.4 is 0 Å². The molecule has 1 fully saturated rings. The molecular formula is C18H20F4. The molecule has 1 aromatic rings. The Kier molecular flexibility index (Phi) is 5.43. The van der Waals surface area contributed by atoms with Crippen LogP contribution in [0.5, 0.6) is 0 Å². The van der Waals surface area contributed by atoms with Crippen LogP contribution in [0.3, 0.4) is 0 Å². The van der Waals surface area contributed by atoms with Gasteiger partial charge in [-0.25, -0.2) is 4.39 Å². The minimum Gasteiger partial charge on any atom is -0.206 e. The van der Waals surface area contributed by atoms with Gasteiger partial charge in [-0.3, -0.25) is 0 Å². The van der Waals surface area contributed by atoms with Crippen molar-refractivity contribution in [2.75, 3.05) is 0 Å². The molecule has 1 aliphatic rings. The first-order chi connectivity index (χ1) is 10.4. The third kappa shape index (κ3) is 4.21. The lowest BCUT2D eigenvalue weighted by Gasteiger charge is -2.27. The van der Waals surface area contributed by atoms with Crippen LogP contribution in [-0.2, 0) is 6.18 Å². The van der Waals surface area contributed by atoms with Crippen LogP contribution >= 0.6 is 0 Å². The summed E-state index contributed by atoms with van der Waals surface area (Å²) in [5, 5.41) is 0. The van der Waals surface area contributed by atoms with Crippen LogP contribution in [-0.4, -0.2) is 0 Å². The van der Waals surface area contributed by atoms with E-state index in [0.717, 1.165) is 37.8 Å². The fourth-order valence-corrected chi connectivity index (χ4v) is 2.99. The van der Waals surface area contributed by atoms with E-state index in [1.54, 1.807) is 0 Å². The first kappa shape index (κ1) is 16.8. The van der Waals surface area contributed by atoms with Crippen molar-refractivity contribution in [2.45, 2.75) is 44.7 Å². The van der Waals surface area contributed by atoms with Gasteiger partial charge in [-0.05, 0) is 62.1 Å². The van der Waals surface area contributed by atoms with E-state index in [1.807, 2.05) is 25.2 Å². The lowest BCUT2D eigenvalue weighted by atomic mass is 9.78. The van der Waals surface area contributed by atoms with Gasteiger partial charge in [0.05, 0.1) is 5.56 Å². The minimum atomic E-state index is -4.63. The summed E-state index contributed by atoms with van der Waals surface area (Å²) >= 11 is 0. The molecule has 0 radical (unpaired) electrons. The molecule has 0 N–H and O–H groups in total. The standard InChI is InChI=1S/C18H20F4/c1-2-3-4-5-13-6-8-14(9-7-13)15-10-11-16(17(19)12-15)18(20,21)22/h2-5,10-14H,6-9H2,1H3. The Hall–Kier alpha value is -1.58. The lowest BCUT2D eigenvalue weighted by molar-refractivity contribution is -0.140. The number of rotatable bonds is 3. The largest absolute Gasteiger partial charge is 0.419 e. The highest BCUT2D eigenvalue weighted by atomic mass is 19.4. The van der Waals surface area contributed by atoms with Gasteiger partial charge in [-0.15, -0.1) is 0 Å². The molecule has 0 spiro atoms. The fourth-order valence-electron chi connectivity index (χ4n) is 2.99. The highest BCUT2D eigenvalue weighted by molar-refractivity contribution is 5.29. The van der Waals surface area contributed by atoms with E-state index in [4.69, 9.17) is 0 Å². The van der Waals surface area contributed by atoms with Gasteiger partial charge < -0.3 is 0 Å². The van der Waals surface area contributed by atoms with Gasteiger partial charge in [0.15, 0.2) is 0 Å². The Bertz CT molecular complexity index is 547. The molecule has 0 heterocycles. The van der Waals surface area contributed by atoms with Crippen molar-refractivity contribution >= 4 is 0 Å². The molecular weight excluding hydrogens is 292 g/mol. The molecule has 1 aliphatic carbocycles. The fraction of sp³-hybridized carbons (Fsp3) is 0.444. The van der Waals surface area contributed by atoms with Crippen molar-refractivity contribution < 1.29 is 17.6 Å². The van der Waals surface area contributed by atoms with Crippen LogP contribution in [0.1, 0.15) is 49.7 Å². The molecule has 4 heteroatoms. The van der Waals surface area contributed by atoms with Crippen molar-refractivity contribution in [3.63, 3.8) is 0 Å². The highest BCUT2D eigenvalue weighted by Gasteiger charge is 2.34. The average Bonchev–Trinajstić information content (AvgIpc) is 2.47. The van der Waals surface area contributed by atoms with E-state index < -0.39 is 17.6 Å². The molecule has 0 atom stereocenters. The van der Waals surface area contributed by atoms with E-state index in [-0.39, 0.29) is 5.92 Å². The maximum Gasteiger partial charge on any atom is 0.419 e. The summed E-state index contributed by atoms with van der Waals surface area (Å²) < 4.78 is 51.3. The van der Waals surface area contributed by atoms with Crippen molar-refractivity contribution in [3.8, 4) is 0 Å². The molecule has 2 rings (SSSR count). The maximum atomic E-state index is 13.6. The Labute approximate surface area is 128 Å². The number of benzene rings is 1. The van der Waals surface area contributed by atoms with Crippen LogP contribution in [0, 0.1) is 11.7 Å². The second kappa shape index (κ2) is 7.12. The van der Waals surface area contributed by atoms with E-state index >= 15 is 0 Å². The van der Waals surface area contributed by atoms with Gasteiger partial charge in [-0.2, -0.15) is 13.2 Å². The van der Waals surface area contributed by atoms with Crippen molar-refractivity contribution in [2.24, 2.45) is 5.92 Å². The predicted molar refractivity (Wildman–Crippen MR) is 80.1 cm³/mol. The van der Waals surface area contributed by atoms with E-state index in [1.165, 1.54) is 6.07 Å². The molecule has 0 aliphatic heterocycles. The molecule has 1 saturated carbocycles. The first-order valence-corrected chi connectivity index (χ1v) is 7.58. The number of allylic oxidation sites excluding steroid dienone is 4. The molecule has 1 aromatic carbocycles. The molecule has 120 valence electrons. The zero-order valence-electron chi connectivity index (χ0n) is 12.5. The van der Waals surface area contributed by atoms with E-state index in [2.05, 4.69) is 6.08 Å². The molecule has 0 amide bonds. The van der Waals surface area contributed by atoms with Crippen LogP contribution in [0.2, 0.25) is 0 Å². The first-order valence-electron chi connectivity index (χ1n) is 7.58. The van der Waals surface area contributed by atoms with Gasteiger partial charge >= 0.3 is 6.18 Å². The Morgan fingerprint density at radius 2 is 1.73 bits per heavy atom. The highest BCUT2D eigenvalue weighted by Crippen LogP contribution is 2.38. The second-order valence-corrected chi connectivity index (χ2v) is 5.76.